The first-order valence-electron chi connectivity index (χ1n) is 7.07. The van der Waals surface area contributed by atoms with E-state index in [4.69, 9.17) is 10.00 Å². The van der Waals surface area contributed by atoms with E-state index in [9.17, 15) is 8.42 Å². The summed E-state index contributed by atoms with van der Waals surface area (Å²) in [5, 5.41) is 8.73. The Balaban J connectivity index is 1.95. The van der Waals surface area contributed by atoms with Gasteiger partial charge < -0.3 is 4.74 Å². The van der Waals surface area contributed by atoms with E-state index in [1.807, 2.05) is 13.0 Å². The van der Waals surface area contributed by atoms with Crippen LogP contribution in [0.3, 0.4) is 0 Å². The number of hydrogen-bond donors (Lipinski definition) is 1. The molecule has 1 saturated heterocycles. The molecular weight excluding hydrogens is 288 g/mol. The molecule has 0 radical (unpaired) electrons. The van der Waals surface area contributed by atoms with Crippen molar-refractivity contribution in [1.29, 1.82) is 5.26 Å². The molecule has 1 N–H and O–H groups in total. The van der Waals surface area contributed by atoms with Crippen LogP contribution in [0.1, 0.15) is 30.9 Å². The zero-order chi connectivity index (χ0) is 15.3. The second-order valence-electron chi connectivity index (χ2n) is 5.42. The average molecular weight is 308 g/mol. The Morgan fingerprint density at radius 3 is 2.52 bits per heavy atom. The molecule has 1 aromatic carbocycles. The first-order valence-corrected chi connectivity index (χ1v) is 8.72. The fourth-order valence-corrected chi connectivity index (χ4v) is 4.01. The number of nitrogens with zero attached hydrogens (tertiary/aromatic N) is 1. The van der Waals surface area contributed by atoms with Crippen LogP contribution < -0.4 is 4.72 Å². The molecule has 1 unspecified atom stereocenters. The van der Waals surface area contributed by atoms with Crippen molar-refractivity contribution in [3.63, 3.8) is 0 Å². The Morgan fingerprint density at radius 2 is 1.95 bits per heavy atom. The van der Waals surface area contributed by atoms with E-state index in [1.54, 1.807) is 24.3 Å². The smallest absolute Gasteiger partial charge is 0.216 e. The molecule has 0 aliphatic carbocycles. The molecule has 114 valence electrons. The largest absolute Gasteiger partial charge is 0.381 e. The normalized spacial score (nSPS) is 18.1. The van der Waals surface area contributed by atoms with Gasteiger partial charge in [-0.1, -0.05) is 12.1 Å². The van der Waals surface area contributed by atoms with Gasteiger partial charge in [-0.15, -0.1) is 0 Å². The highest BCUT2D eigenvalue weighted by atomic mass is 32.2. The van der Waals surface area contributed by atoms with Crippen LogP contribution in [-0.4, -0.2) is 27.7 Å². The van der Waals surface area contributed by atoms with Crippen molar-refractivity contribution in [2.45, 2.75) is 31.6 Å². The topological polar surface area (TPSA) is 79.2 Å². The predicted molar refractivity (Wildman–Crippen MR) is 79.9 cm³/mol. The highest BCUT2D eigenvalue weighted by molar-refractivity contribution is 7.88. The van der Waals surface area contributed by atoms with Crippen LogP contribution in [0.4, 0.5) is 0 Å². The molecule has 0 spiro atoms. The lowest BCUT2D eigenvalue weighted by molar-refractivity contribution is 0.0585. The third-order valence-corrected chi connectivity index (χ3v) is 5.22. The van der Waals surface area contributed by atoms with E-state index in [1.165, 1.54) is 0 Å². The van der Waals surface area contributed by atoms with Crippen molar-refractivity contribution in [2.24, 2.45) is 5.92 Å². The Kier molecular flexibility index (Phi) is 5.34. The second kappa shape index (κ2) is 7.03. The lowest BCUT2D eigenvalue weighted by atomic mass is 9.94. The fraction of sp³-hybridized carbons (Fsp3) is 0.533. The van der Waals surface area contributed by atoms with Crippen molar-refractivity contribution in [3.05, 3.63) is 35.4 Å². The van der Waals surface area contributed by atoms with E-state index in [2.05, 4.69) is 4.72 Å². The molecule has 1 aliphatic heterocycles. The molecular formula is C15H20N2O3S. The zero-order valence-electron chi connectivity index (χ0n) is 12.1. The summed E-state index contributed by atoms with van der Waals surface area (Å²) >= 11 is 0. The van der Waals surface area contributed by atoms with Crippen molar-refractivity contribution >= 4 is 10.0 Å². The summed E-state index contributed by atoms with van der Waals surface area (Å²) in [6.07, 6.45) is 1.78. The summed E-state index contributed by atoms with van der Waals surface area (Å²) in [6, 6.07) is 8.55. The average Bonchev–Trinajstić information content (AvgIpc) is 2.48. The highest BCUT2D eigenvalue weighted by Gasteiger charge is 2.24. The number of benzene rings is 1. The van der Waals surface area contributed by atoms with Gasteiger partial charge in [-0.05, 0) is 43.4 Å². The van der Waals surface area contributed by atoms with Gasteiger partial charge in [-0.2, -0.15) is 5.26 Å². The number of sulfonamides is 1. The molecule has 21 heavy (non-hydrogen) atoms. The summed E-state index contributed by atoms with van der Waals surface area (Å²) in [5.41, 5.74) is 1.21. The molecule has 5 nitrogen and oxygen atoms in total. The quantitative estimate of drug-likeness (QED) is 0.899. The fourth-order valence-electron chi connectivity index (χ4n) is 2.53. The van der Waals surface area contributed by atoms with Crippen LogP contribution in [0.2, 0.25) is 0 Å². The SMILES string of the molecule is CC(NS(=O)(=O)Cc1ccc(C#N)cc1)C1CCOCC1. The lowest BCUT2D eigenvalue weighted by Crippen LogP contribution is -2.40. The minimum Gasteiger partial charge on any atom is -0.381 e. The van der Waals surface area contributed by atoms with Crippen LogP contribution >= 0.6 is 0 Å². The third-order valence-electron chi connectivity index (χ3n) is 3.78. The lowest BCUT2D eigenvalue weighted by Gasteiger charge is -2.28. The van der Waals surface area contributed by atoms with Crippen LogP contribution in [0.5, 0.6) is 0 Å². The molecule has 2 rings (SSSR count). The molecule has 0 saturated carbocycles. The maximum absolute atomic E-state index is 12.2. The van der Waals surface area contributed by atoms with Crippen molar-refractivity contribution < 1.29 is 13.2 Å². The Hall–Kier alpha value is -1.42. The maximum atomic E-state index is 12.2. The molecule has 6 heteroatoms. The summed E-state index contributed by atoms with van der Waals surface area (Å²) in [4.78, 5) is 0. The number of rotatable bonds is 5. The van der Waals surface area contributed by atoms with Crippen molar-refractivity contribution in [1.82, 2.24) is 4.72 Å². The van der Waals surface area contributed by atoms with Crippen LogP contribution in [-0.2, 0) is 20.5 Å². The van der Waals surface area contributed by atoms with Crippen molar-refractivity contribution in [2.75, 3.05) is 13.2 Å². The second-order valence-corrected chi connectivity index (χ2v) is 7.18. The zero-order valence-corrected chi connectivity index (χ0v) is 12.9. The molecule has 1 fully saturated rings. The van der Waals surface area contributed by atoms with E-state index >= 15 is 0 Å². The molecule has 1 aliphatic rings. The van der Waals surface area contributed by atoms with Gasteiger partial charge in [0.2, 0.25) is 10.0 Å². The van der Waals surface area contributed by atoms with E-state index < -0.39 is 10.0 Å². The number of nitriles is 1. The third kappa shape index (κ3) is 4.81. The number of ether oxygens (including phenoxy) is 1. The number of nitrogens with one attached hydrogen (secondary N) is 1. The Morgan fingerprint density at radius 1 is 1.33 bits per heavy atom. The van der Waals surface area contributed by atoms with Crippen LogP contribution in [0.25, 0.3) is 0 Å². The van der Waals surface area contributed by atoms with Gasteiger partial charge in [0, 0.05) is 19.3 Å². The summed E-state index contributed by atoms with van der Waals surface area (Å²) in [6.45, 7) is 3.31. The molecule has 0 bridgehead atoms. The minimum atomic E-state index is -3.38. The van der Waals surface area contributed by atoms with E-state index in [-0.39, 0.29) is 11.8 Å². The van der Waals surface area contributed by atoms with Gasteiger partial charge in [-0.25, -0.2) is 13.1 Å². The standard InChI is InChI=1S/C15H20N2O3S/c1-12(15-6-8-20-9-7-15)17-21(18,19)11-14-4-2-13(10-16)3-5-14/h2-5,12,15,17H,6-9,11H2,1H3. The van der Waals surface area contributed by atoms with Gasteiger partial charge in [0.05, 0.1) is 17.4 Å². The van der Waals surface area contributed by atoms with Crippen LogP contribution in [0, 0.1) is 17.2 Å². The number of hydrogen-bond acceptors (Lipinski definition) is 4. The molecule has 1 aromatic rings. The van der Waals surface area contributed by atoms with E-state index in [0.717, 1.165) is 12.8 Å². The molecule has 1 atom stereocenters. The highest BCUT2D eigenvalue weighted by Crippen LogP contribution is 2.19. The van der Waals surface area contributed by atoms with Crippen LogP contribution in [0.15, 0.2) is 24.3 Å². The Labute approximate surface area is 126 Å². The van der Waals surface area contributed by atoms with Gasteiger partial charge in [-0.3, -0.25) is 0 Å². The van der Waals surface area contributed by atoms with Gasteiger partial charge in [0.1, 0.15) is 0 Å². The van der Waals surface area contributed by atoms with E-state index in [0.29, 0.717) is 30.3 Å². The monoisotopic (exact) mass is 308 g/mol. The van der Waals surface area contributed by atoms with Gasteiger partial charge in [0.25, 0.3) is 0 Å². The molecule has 0 aromatic heterocycles. The molecule has 1 heterocycles. The maximum Gasteiger partial charge on any atom is 0.216 e. The summed E-state index contributed by atoms with van der Waals surface area (Å²) in [7, 11) is -3.38. The first kappa shape index (κ1) is 16.0. The van der Waals surface area contributed by atoms with Gasteiger partial charge >= 0.3 is 0 Å². The summed E-state index contributed by atoms with van der Waals surface area (Å²) in [5.74, 6) is 0.265. The predicted octanol–water partition coefficient (Wildman–Crippen LogP) is 1.79. The summed E-state index contributed by atoms with van der Waals surface area (Å²) < 4.78 is 32.4. The van der Waals surface area contributed by atoms with Gasteiger partial charge in [0.15, 0.2) is 0 Å². The Bertz CT molecular complexity index is 599. The van der Waals surface area contributed by atoms with Crippen molar-refractivity contribution in [3.8, 4) is 6.07 Å². The minimum absolute atomic E-state index is 0.0632. The first-order chi connectivity index (χ1) is 10.00. The molecule has 0 amide bonds.